The minimum absolute atomic E-state index is 0.926. The van der Waals surface area contributed by atoms with Gasteiger partial charge >= 0.3 is 5.22 Å². The lowest BCUT2D eigenvalue weighted by atomic mass is 10.1. The van der Waals surface area contributed by atoms with E-state index >= 15 is 0 Å². The molecule has 0 aliphatic carbocycles. The minimum atomic E-state index is 0.926. The van der Waals surface area contributed by atoms with Crippen molar-refractivity contribution in [2.75, 3.05) is 6.26 Å². The van der Waals surface area contributed by atoms with Crippen LogP contribution < -0.4 is 4.57 Å². The third-order valence-electron chi connectivity index (χ3n) is 3.07. The van der Waals surface area contributed by atoms with Crippen molar-refractivity contribution < 1.29 is 8.98 Å². The van der Waals surface area contributed by atoms with Crippen LogP contribution in [0.15, 0.2) is 58.2 Å². The molecule has 18 heavy (non-hydrogen) atoms. The van der Waals surface area contributed by atoms with E-state index in [0.717, 1.165) is 16.3 Å². The Labute approximate surface area is 110 Å². The highest BCUT2D eigenvalue weighted by atomic mass is 32.2. The van der Waals surface area contributed by atoms with Crippen LogP contribution >= 0.6 is 11.8 Å². The molecular weight excluding hydrogens is 242 g/mol. The standard InChI is InChI=1S/C15H14NOS/c1-16-13-10-12(11-6-4-3-5-7-11)8-9-14(13)17-15(16)18-2/h3-10H,1-2H3/q+1. The van der Waals surface area contributed by atoms with E-state index in [1.807, 2.05) is 25.4 Å². The lowest BCUT2D eigenvalue weighted by Crippen LogP contribution is -2.28. The first-order valence-electron chi connectivity index (χ1n) is 5.81. The molecule has 0 radical (unpaired) electrons. The molecule has 0 saturated carbocycles. The predicted molar refractivity (Wildman–Crippen MR) is 74.6 cm³/mol. The molecule has 3 rings (SSSR count). The molecule has 0 aliphatic rings. The number of aromatic nitrogens is 1. The van der Waals surface area contributed by atoms with E-state index in [1.54, 1.807) is 11.8 Å². The molecule has 1 aromatic heterocycles. The van der Waals surface area contributed by atoms with Crippen LogP contribution in [-0.4, -0.2) is 6.26 Å². The van der Waals surface area contributed by atoms with Crippen molar-refractivity contribution in [2.45, 2.75) is 5.22 Å². The van der Waals surface area contributed by atoms with Crippen molar-refractivity contribution >= 4 is 22.9 Å². The van der Waals surface area contributed by atoms with Crippen molar-refractivity contribution in [2.24, 2.45) is 7.05 Å². The lowest BCUT2D eigenvalue weighted by Gasteiger charge is -1.98. The summed E-state index contributed by atoms with van der Waals surface area (Å²) < 4.78 is 7.85. The number of aryl methyl sites for hydroxylation is 1. The van der Waals surface area contributed by atoms with Crippen molar-refractivity contribution in [1.29, 1.82) is 0 Å². The van der Waals surface area contributed by atoms with Gasteiger partial charge in [-0.2, -0.15) is 4.57 Å². The highest BCUT2D eigenvalue weighted by Crippen LogP contribution is 2.25. The number of benzene rings is 2. The molecule has 0 bridgehead atoms. The van der Waals surface area contributed by atoms with Gasteiger partial charge in [-0.1, -0.05) is 36.4 Å². The van der Waals surface area contributed by atoms with Gasteiger partial charge in [0.25, 0.3) is 5.52 Å². The van der Waals surface area contributed by atoms with E-state index in [0.29, 0.717) is 0 Å². The summed E-state index contributed by atoms with van der Waals surface area (Å²) in [6.07, 6.45) is 2.02. The quantitative estimate of drug-likeness (QED) is 0.514. The summed E-state index contributed by atoms with van der Waals surface area (Å²) in [6, 6.07) is 16.7. The molecule has 0 N–H and O–H groups in total. The maximum atomic E-state index is 5.76. The zero-order chi connectivity index (χ0) is 12.5. The summed E-state index contributed by atoms with van der Waals surface area (Å²) >= 11 is 1.62. The predicted octanol–water partition coefficient (Wildman–Crippen LogP) is 3.65. The second-order valence-corrected chi connectivity index (χ2v) is 4.94. The molecular formula is C15H14NOS+. The Bertz CT molecular complexity index is 688. The zero-order valence-corrected chi connectivity index (χ0v) is 11.2. The smallest absolute Gasteiger partial charge is 0.393 e. The van der Waals surface area contributed by atoms with Crippen molar-refractivity contribution in [3.8, 4) is 11.1 Å². The number of fused-ring (bicyclic) bond motifs is 1. The summed E-state index contributed by atoms with van der Waals surface area (Å²) in [7, 11) is 2.03. The van der Waals surface area contributed by atoms with E-state index in [2.05, 4.69) is 41.0 Å². The van der Waals surface area contributed by atoms with Crippen molar-refractivity contribution in [1.82, 2.24) is 0 Å². The van der Waals surface area contributed by atoms with Gasteiger partial charge in [0, 0.05) is 6.07 Å². The van der Waals surface area contributed by atoms with Gasteiger partial charge < -0.3 is 4.42 Å². The van der Waals surface area contributed by atoms with Crippen molar-refractivity contribution in [3.05, 3.63) is 48.5 Å². The fourth-order valence-electron chi connectivity index (χ4n) is 2.12. The summed E-state index contributed by atoms with van der Waals surface area (Å²) in [6.45, 7) is 0. The number of rotatable bonds is 2. The van der Waals surface area contributed by atoms with Gasteiger partial charge in [-0.3, -0.25) is 0 Å². The number of thioether (sulfide) groups is 1. The third-order valence-corrected chi connectivity index (χ3v) is 3.78. The third kappa shape index (κ3) is 1.81. The van der Waals surface area contributed by atoms with Crippen LogP contribution in [0.1, 0.15) is 0 Å². The summed E-state index contributed by atoms with van der Waals surface area (Å²) in [5.74, 6) is 0. The molecule has 0 aliphatic heterocycles. The maximum Gasteiger partial charge on any atom is 0.411 e. The molecule has 0 amide bonds. The second kappa shape index (κ2) is 4.50. The maximum absolute atomic E-state index is 5.76. The summed E-state index contributed by atoms with van der Waals surface area (Å²) in [5.41, 5.74) is 4.50. The molecule has 0 spiro atoms. The first-order valence-corrected chi connectivity index (χ1v) is 7.04. The van der Waals surface area contributed by atoms with Crippen LogP contribution in [0.5, 0.6) is 0 Å². The summed E-state index contributed by atoms with van der Waals surface area (Å²) in [4.78, 5) is 0. The van der Waals surface area contributed by atoms with E-state index in [1.165, 1.54) is 11.1 Å². The van der Waals surface area contributed by atoms with Gasteiger partial charge in [-0.15, -0.1) is 0 Å². The molecule has 1 heterocycles. The average molecular weight is 256 g/mol. The molecule has 3 heteroatoms. The topological polar surface area (TPSA) is 17.0 Å². The van der Waals surface area contributed by atoms with Crippen LogP contribution in [0.25, 0.3) is 22.2 Å². The molecule has 90 valence electrons. The molecule has 3 aromatic rings. The zero-order valence-electron chi connectivity index (χ0n) is 10.4. The minimum Gasteiger partial charge on any atom is -0.393 e. The lowest BCUT2D eigenvalue weighted by molar-refractivity contribution is -0.692. The van der Waals surface area contributed by atoms with Crippen LogP contribution in [-0.2, 0) is 7.05 Å². The van der Waals surface area contributed by atoms with E-state index < -0.39 is 0 Å². The number of oxazole rings is 1. The fourth-order valence-corrected chi connectivity index (χ4v) is 2.66. The molecule has 0 unspecified atom stereocenters. The monoisotopic (exact) mass is 256 g/mol. The summed E-state index contributed by atoms with van der Waals surface area (Å²) in [5, 5.41) is 0.926. The Morgan fingerprint density at radius 3 is 2.50 bits per heavy atom. The van der Waals surface area contributed by atoms with Crippen LogP contribution in [0.2, 0.25) is 0 Å². The fraction of sp³-hybridized carbons (Fsp3) is 0.133. The number of hydrogen-bond donors (Lipinski definition) is 0. The van der Waals surface area contributed by atoms with Gasteiger partial charge in [0.05, 0.1) is 0 Å². The Morgan fingerprint density at radius 2 is 1.78 bits per heavy atom. The van der Waals surface area contributed by atoms with Crippen LogP contribution in [0, 0.1) is 0 Å². The first-order chi connectivity index (χ1) is 8.79. The van der Waals surface area contributed by atoms with Gasteiger partial charge in [-0.25, -0.2) is 0 Å². The van der Waals surface area contributed by atoms with Gasteiger partial charge in [0.1, 0.15) is 7.05 Å². The Kier molecular flexibility index (Phi) is 2.84. The van der Waals surface area contributed by atoms with Gasteiger partial charge in [0.2, 0.25) is 5.58 Å². The molecule has 2 aromatic carbocycles. The van der Waals surface area contributed by atoms with Crippen molar-refractivity contribution in [3.63, 3.8) is 0 Å². The molecule has 0 saturated heterocycles. The number of hydrogen-bond acceptors (Lipinski definition) is 2. The van der Waals surface area contributed by atoms with Crippen LogP contribution in [0.4, 0.5) is 0 Å². The van der Waals surface area contributed by atoms with Gasteiger partial charge in [0.15, 0.2) is 0 Å². The SMILES string of the molecule is CSc1oc2ccc(-c3ccccc3)cc2[n+]1C. The van der Waals surface area contributed by atoms with Crippen LogP contribution in [0.3, 0.4) is 0 Å². The Balaban J connectivity index is 2.19. The van der Waals surface area contributed by atoms with E-state index in [-0.39, 0.29) is 0 Å². The Hall–Kier alpha value is -1.74. The second-order valence-electron chi connectivity index (χ2n) is 4.18. The van der Waals surface area contributed by atoms with Gasteiger partial charge in [-0.05, 0) is 35.2 Å². The first kappa shape index (κ1) is 11.4. The highest BCUT2D eigenvalue weighted by molar-refractivity contribution is 7.98. The molecule has 0 fully saturated rings. The van der Waals surface area contributed by atoms with E-state index in [9.17, 15) is 0 Å². The normalized spacial score (nSPS) is 11.0. The average Bonchev–Trinajstić information content (AvgIpc) is 2.76. The van der Waals surface area contributed by atoms with E-state index in [4.69, 9.17) is 4.42 Å². The Morgan fingerprint density at radius 1 is 1.00 bits per heavy atom. The molecule has 0 atom stereocenters. The molecule has 2 nitrogen and oxygen atoms in total. The number of nitrogens with zero attached hydrogens (tertiary/aromatic N) is 1. The largest absolute Gasteiger partial charge is 0.411 e. The highest BCUT2D eigenvalue weighted by Gasteiger charge is 2.18.